The number of rotatable bonds is 3. The number of nitrogens with one attached hydrogen (secondary N) is 1. The monoisotopic (exact) mass is 537 g/mol. The Morgan fingerprint density at radius 3 is 2.02 bits per heavy atom. The van der Waals surface area contributed by atoms with Crippen molar-refractivity contribution < 1.29 is 0 Å². The largest absolute Gasteiger partial charge is 0.361 e. The van der Waals surface area contributed by atoms with Crippen molar-refractivity contribution in [2.45, 2.75) is 6.17 Å². The smallest absolute Gasteiger partial charge is 0.123 e. The summed E-state index contributed by atoms with van der Waals surface area (Å²) in [6, 6.07) is 50.3. The lowest BCUT2D eigenvalue weighted by atomic mass is 10.0. The lowest BCUT2D eigenvalue weighted by Gasteiger charge is -2.25. The van der Waals surface area contributed by atoms with Crippen LogP contribution in [0.3, 0.4) is 0 Å². The Balaban J connectivity index is 1.38. The van der Waals surface area contributed by atoms with E-state index in [1.54, 1.807) is 0 Å². The van der Waals surface area contributed by atoms with Crippen LogP contribution < -0.4 is 5.32 Å². The zero-order valence-electron chi connectivity index (χ0n) is 22.9. The fraction of sp³-hybridized carbons (Fsp3) is 0.0256. The van der Waals surface area contributed by atoms with Gasteiger partial charge in [-0.05, 0) is 53.6 Å². The molecule has 0 amide bonds. The second-order valence-corrected chi connectivity index (χ2v) is 11.0. The van der Waals surface area contributed by atoms with Crippen LogP contribution in [0.25, 0.3) is 66.5 Å². The van der Waals surface area contributed by atoms with Gasteiger partial charge in [-0.15, -0.1) is 0 Å². The zero-order valence-corrected chi connectivity index (χ0v) is 22.9. The van der Waals surface area contributed by atoms with Crippen LogP contribution in [0.5, 0.6) is 0 Å². The number of hydrogen-bond acceptors (Lipinski definition) is 1. The number of fused-ring (bicyclic) bond motifs is 8. The molecule has 0 aliphatic carbocycles. The van der Waals surface area contributed by atoms with Crippen LogP contribution in [0.15, 0.2) is 146 Å². The van der Waals surface area contributed by atoms with Gasteiger partial charge in [-0.3, -0.25) is 0 Å². The van der Waals surface area contributed by atoms with Crippen LogP contribution in [0.2, 0.25) is 0 Å². The van der Waals surface area contributed by atoms with Crippen molar-refractivity contribution in [2.24, 2.45) is 0 Å². The van der Waals surface area contributed by atoms with Crippen LogP contribution in [0.1, 0.15) is 11.7 Å². The molecular weight excluding hydrogens is 510 g/mol. The summed E-state index contributed by atoms with van der Waals surface area (Å²) in [6.45, 7) is 0. The Morgan fingerprint density at radius 1 is 0.500 bits per heavy atom. The van der Waals surface area contributed by atoms with E-state index >= 15 is 0 Å². The molecule has 42 heavy (non-hydrogen) atoms. The van der Waals surface area contributed by atoms with Gasteiger partial charge in [0.1, 0.15) is 6.17 Å². The van der Waals surface area contributed by atoms with Gasteiger partial charge in [-0.2, -0.15) is 0 Å². The van der Waals surface area contributed by atoms with Gasteiger partial charge in [0.15, 0.2) is 0 Å². The van der Waals surface area contributed by atoms with Crippen LogP contribution >= 0.6 is 0 Å². The van der Waals surface area contributed by atoms with E-state index in [-0.39, 0.29) is 6.17 Å². The van der Waals surface area contributed by atoms with Gasteiger partial charge < -0.3 is 14.5 Å². The Morgan fingerprint density at radius 2 is 1.14 bits per heavy atom. The molecule has 1 unspecified atom stereocenters. The number of aromatic nitrogens is 2. The highest BCUT2D eigenvalue weighted by molar-refractivity contribution is 6.28. The number of nitrogens with zero attached hydrogens (tertiary/aromatic N) is 2. The normalized spacial score (nSPS) is 14.5. The number of anilines is 1. The molecule has 0 fully saturated rings. The van der Waals surface area contributed by atoms with E-state index in [2.05, 4.69) is 166 Å². The second-order valence-electron chi connectivity index (χ2n) is 11.0. The third-order valence-corrected chi connectivity index (χ3v) is 8.74. The van der Waals surface area contributed by atoms with Gasteiger partial charge in [0.05, 0.1) is 27.8 Å². The predicted octanol–water partition coefficient (Wildman–Crippen LogP) is 10.2. The first-order valence-electron chi connectivity index (χ1n) is 14.5. The van der Waals surface area contributed by atoms with Crippen molar-refractivity contribution in [3.05, 3.63) is 151 Å². The van der Waals surface area contributed by atoms with Gasteiger partial charge in [-0.1, -0.05) is 109 Å². The summed E-state index contributed by atoms with van der Waals surface area (Å²) in [5.41, 5.74) is 10.9. The molecule has 3 heteroatoms. The molecule has 1 aliphatic heterocycles. The van der Waals surface area contributed by atoms with Crippen molar-refractivity contribution >= 4 is 55.4 Å². The third kappa shape index (κ3) is 3.28. The van der Waals surface area contributed by atoms with Crippen molar-refractivity contribution in [3.63, 3.8) is 0 Å². The highest BCUT2D eigenvalue weighted by Crippen LogP contribution is 2.44. The lowest BCUT2D eigenvalue weighted by Crippen LogP contribution is -2.18. The minimum absolute atomic E-state index is 0.00639. The quantitative estimate of drug-likeness (QED) is 0.238. The molecule has 1 aliphatic rings. The van der Waals surface area contributed by atoms with E-state index in [1.807, 2.05) is 0 Å². The van der Waals surface area contributed by atoms with Gasteiger partial charge in [0, 0.05) is 32.8 Å². The molecule has 3 heterocycles. The predicted molar refractivity (Wildman–Crippen MR) is 177 cm³/mol. The number of hydrogen-bond donors (Lipinski definition) is 1. The first-order valence-corrected chi connectivity index (χ1v) is 14.5. The average molecular weight is 538 g/mol. The molecule has 2 aromatic heterocycles. The fourth-order valence-electron chi connectivity index (χ4n) is 6.96. The average Bonchev–Trinajstić information content (AvgIpc) is 3.58. The van der Waals surface area contributed by atoms with Crippen LogP contribution in [-0.4, -0.2) is 9.13 Å². The first kappa shape index (κ1) is 23.2. The van der Waals surface area contributed by atoms with Gasteiger partial charge in [-0.25, -0.2) is 0 Å². The molecule has 198 valence electrons. The van der Waals surface area contributed by atoms with Crippen molar-refractivity contribution in [3.8, 4) is 16.8 Å². The fourth-order valence-corrected chi connectivity index (χ4v) is 6.96. The molecule has 6 aromatic carbocycles. The molecule has 1 N–H and O–H groups in total. The Labute approximate surface area is 243 Å². The van der Waals surface area contributed by atoms with Crippen molar-refractivity contribution in [2.75, 3.05) is 5.32 Å². The molecule has 3 nitrogen and oxygen atoms in total. The summed E-state index contributed by atoms with van der Waals surface area (Å²) >= 11 is 0. The molecule has 1 atom stereocenters. The SMILES string of the molecule is C1=CC(n2c3ccccc3c3c4c5ccccc5n(-c5ccccc5-c5ccccc5)c4ccc32)Nc2ccccc21. The Hall–Kier alpha value is -5.54. The van der Waals surface area contributed by atoms with E-state index in [0.717, 1.165) is 5.69 Å². The van der Waals surface area contributed by atoms with E-state index in [9.17, 15) is 0 Å². The standard InChI is InChI=1S/C39H27N3/c1-2-12-26(13-3-1)28-15-5-9-19-32(28)41-33-20-10-6-16-29(33)38-35(41)23-24-36-39(38)30-17-7-11-21-34(30)42(36)37-25-22-27-14-4-8-18-31(27)40-37/h1-25,37,40H. The summed E-state index contributed by atoms with van der Waals surface area (Å²) in [4.78, 5) is 0. The molecule has 9 rings (SSSR count). The van der Waals surface area contributed by atoms with Crippen LogP contribution in [0, 0.1) is 0 Å². The maximum absolute atomic E-state index is 3.80. The van der Waals surface area contributed by atoms with E-state index in [4.69, 9.17) is 0 Å². The van der Waals surface area contributed by atoms with Gasteiger partial charge >= 0.3 is 0 Å². The third-order valence-electron chi connectivity index (χ3n) is 8.74. The Kier molecular flexibility index (Phi) is 4.96. The summed E-state index contributed by atoms with van der Waals surface area (Å²) < 4.78 is 4.91. The van der Waals surface area contributed by atoms with E-state index in [1.165, 1.54) is 66.0 Å². The molecule has 0 radical (unpaired) electrons. The summed E-state index contributed by atoms with van der Waals surface area (Å²) in [6.07, 6.45) is 4.52. The van der Waals surface area contributed by atoms with E-state index in [0.29, 0.717) is 0 Å². The summed E-state index contributed by atoms with van der Waals surface area (Å²) in [7, 11) is 0. The zero-order chi connectivity index (χ0) is 27.6. The highest BCUT2D eigenvalue weighted by atomic mass is 15.2. The van der Waals surface area contributed by atoms with Crippen LogP contribution in [0.4, 0.5) is 5.69 Å². The maximum Gasteiger partial charge on any atom is 0.123 e. The minimum atomic E-state index is 0.00639. The minimum Gasteiger partial charge on any atom is -0.361 e. The summed E-state index contributed by atoms with van der Waals surface area (Å²) in [5, 5.41) is 8.92. The van der Waals surface area contributed by atoms with Crippen molar-refractivity contribution in [1.29, 1.82) is 0 Å². The number of benzene rings is 6. The first-order chi connectivity index (χ1) is 20.9. The molecule has 0 saturated carbocycles. The molecule has 0 saturated heterocycles. The van der Waals surface area contributed by atoms with Gasteiger partial charge in [0.25, 0.3) is 0 Å². The molecule has 0 bridgehead atoms. The van der Waals surface area contributed by atoms with Crippen LogP contribution in [-0.2, 0) is 0 Å². The number of para-hydroxylation sites is 4. The molecule has 8 aromatic rings. The van der Waals surface area contributed by atoms with Crippen molar-refractivity contribution in [1.82, 2.24) is 9.13 Å². The molecule has 0 spiro atoms. The Bertz CT molecular complexity index is 2340. The van der Waals surface area contributed by atoms with Gasteiger partial charge in [0.2, 0.25) is 0 Å². The molecular formula is C39H27N3. The topological polar surface area (TPSA) is 21.9 Å². The maximum atomic E-state index is 3.80. The highest BCUT2D eigenvalue weighted by Gasteiger charge is 2.24. The second kappa shape index (κ2) is 8.98. The summed E-state index contributed by atoms with van der Waals surface area (Å²) in [5.74, 6) is 0. The lowest BCUT2D eigenvalue weighted by molar-refractivity contribution is 0.725. The van der Waals surface area contributed by atoms with E-state index < -0.39 is 0 Å².